The fourth-order valence-corrected chi connectivity index (χ4v) is 3.82. The molecule has 0 amide bonds. The van der Waals surface area contributed by atoms with Crippen LogP contribution in [0.1, 0.15) is 17.5 Å². The Morgan fingerprint density at radius 1 is 1.06 bits per heavy atom. The molecular formula is C24H35IN4O3. The second-order valence-corrected chi connectivity index (χ2v) is 7.70. The van der Waals surface area contributed by atoms with Gasteiger partial charge in [-0.05, 0) is 37.0 Å². The summed E-state index contributed by atoms with van der Waals surface area (Å²) < 4.78 is 16.2. The Morgan fingerprint density at radius 2 is 1.78 bits per heavy atom. The van der Waals surface area contributed by atoms with Crippen molar-refractivity contribution in [2.24, 2.45) is 4.99 Å². The van der Waals surface area contributed by atoms with Crippen molar-refractivity contribution in [1.82, 2.24) is 10.6 Å². The number of halogens is 1. The second-order valence-electron chi connectivity index (χ2n) is 7.70. The topological polar surface area (TPSA) is 67.4 Å². The van der Waals surface area contributed by atoms with Gasteiger partial charge in [0.25, 0.3) is 0 Å². The lowest BCUT2D eigenvalue weighted by molar-refractivity contribution is 0.394. The Bertz CT molecular complexity index is 885. The van der Waals surface area contributed by atoms with Crippen LogP contribution in [-0.2, 0) is 6.42 Å². The largest absolute Gasteiger partial charge is 0.497 e. The van der Waals surface area contributed by atoms with Gasteiger partial charge < -0.3 is 29.7 Å². The van der Waals surface area contributed by atoms with Crippen LogP contribution in [-0.4, -0.2) is 60.0 Å². The summed E-state index contributed by atoms with van der Waals surface area (Å²) in [6, 6.07) is 12.7. The van der Waals surface area contributed by atoms with Crippen molar-refractivity contribution in [3.8, 4) is 17.2 Å². The third-order valence-corrected chi connectivity index (χ3v) is 5.63. The van der Waals surface area contributed by atoms with E-state index in [0.717, 1.165) is 66.9 Å². The molecule has 0 saturated carbocycles. The number of guanidine groups is 1. The first-order valence-electron chi connectivity index (χ1n) is 10.6. The van der Waals surface area contributed by atoms with Gasteiger partial charge in [0.2, 0.25) is 0 Å². The Morgan fingerprint density at radius 3 is 2.41 bits per heavy atom. The Kier molecular flexibility index (Phi) is 10.2. The average Bonchev–Trinajstić information content (AvgIpc) is 3.27. The number of methoxy groups -OCH3 is 3. The smallest absolute Gasteiger partial charge is 0.191 e. The molecule has 2 aromatic carbocycles. The zero-order valence-corrected chi connectivity index (χ0v) is 21.9. The lowest BCUT2D eigenvalue weighted by Crippen LogP contribution is -2.45. The van der Waals surface area contributed by atoms with Gasteiger partial charge in [0.05, 0.1) is 21.3 Å². The molecular weight excluding hydrogens is 519 g/mol. The van der Waals surface area contributed by atoms with E-state index < -0.39 is 0 Å². The van der Waals surface area contributed by atoms with Gasteiger partial charge in [-0.25, -0.2) is 0 Å². The Hall–Kier alpha value is -2.36. The molecule has 1 aliphatic heterocycles. The first-order valence-corrected chi connectivity index (χ1v) is 10.6. The van der Waals surface area contributed by atoms with Crippen LogP contribution in [0.3, 0.4) is 0 Å². The van der Waals surface area contributed by atoms with E-state index in [9.17, 15) is 0 Å². The summed E-state index contributed by atoms with van der Waals surface area (Å²) in [5, 5.41) is 6.98. The summed E-state index contributed by atoms with van der Waals surface area (Å²) in [6.45, 7) is 4.72. The molecule has 0 radical (unpaired) electrons. The van der Waals surface area contributed by atoms with E-state index in [1.807, 2.05) is 25.2 Å². The van der Waals surface area contributed by atoms with Crippen molar-refractivity contribution < 1.29 is 14.2 Å². The van der Waals surface area contributed by atoms with E-state index in [0.29, 0.717) is 6.04 Å². The summed E-state index contributed by atoms with van der Waals surface area (Å²) in [4.78, 5) is 6.74. The lowest BCUT2D eigenvalue weighted by Gasteiger charge is -2.21. The number of aryl methyl sites for hydroxylation is 1. The number of rotatable bonds is 8. The highest BCUT2D eigenvalue weighted by atomic mass is 127. The minimum atomic E-state index is 0. The zero-order chi connectivity index (χ0) is 22.2. The van der Waals surface area contributed by atoms with Crippen LogP contribution in [0.25, 0.3) is 0 Å². The highest BCUT2D eigenvalue weighted by Crippen LogP contribution is 2.30. The summed E-state index contributed by atoms with van der Waals surface area (Å²) in [6.07, 6.45) is 1.94. The summed E-state index contributed by atoms with van der Waals surface area (Å²) >= 11 is 0. The van der Waals surface area contributed by atoms with Gasteiger partial charge >= 0.3 is 0 Å². The first kappa shape index (κ1) is 25.9. The van der Waals surface area contributed by atoms with E-state index >= 15 is 0 Å². The van der Waals surface area contributed by atoms with Gasteiger partial charge in [-0.2, -0.15) is 0 Å². The average molecular weight is 554 g/mol. The van der Waals surface area contributed by atoms with Crippen molar-refractivity contribution in [2.75, 3.05) is 52.9 Å². The number of benzene rings is 2. The standard InChI is InChI=1S/C24H34N4O3.HI/c1-17-6-7-18(12-23(17)31-5)8-10-26-24(25-2)27-19-9-11-28(16-19)20-13-21(29-3)15-22(14-20)30-4;/h6-7,12-15,19H,8-11,16H2,1-5H3,(H2,25,26,27);1H. The van der Waals surface area contributed by atoms with Crippen molar-refractivity contribution in [3.63, 3.8) is 0 Å². The fraction of sp³-hybridized carbons (Fsp3) is 0.458. The molecule has 1 unspecified atom stereocenters. The van der Waals surface area contributed by atoms with Gasteiger partial charge in [0.15, 0.2) is 5.96 Å². The van der Waals surface area contributed by atoms with Crippen LogP contribution in [0.15, 0.2) is 41.4 Å². The molecule has 1 fully saturated rings. The molecule has 8 heteroatoms. The molecule has 2 N–H and O–H groups in total. The van der Waals surface area contributed by atoms with Gasteiger partial charge in [-0.15, -0.1) is 24.0 Å². The predicted molar refractivity (Wildman–Crippen MR) is 142 cm³/mol. The van der Waals surface area contributed by atoms with Crippen LogP contribution in [0.2, 0.25) is 0 Å². The Labute approximate surface area is 208 Å². The highest BCUT2D eigenvalue weighted by Gasteiger charge is 2.24. The molecule has 0 aromatic heterocycles. The molecule has 1 saturated heterocycles. The van der Waals surface area contributed by atoms with E-state index in [1.165, 1.54) is 5.56 Å². The molecule has 1 aliphatic rings. The molecule has 2 aromatic rings. The number of anilines is 1. The molecule has 0 aliphatic carbocycles. The Balaban J connectivity index is 0.00000363. The maximum Gasteiger partial charge on any atom is 0.191 e. The normalized spacial score (nSPS) is 15.7. The van der Waals surface area contributed by atoms with Crippen molar-refractivity contribution >= 4 is 35.6 Å². The van der Waals surface area contributed by atoms with Gasteiger partial charge in [0, 0.05) is 56.6 Å². The van der Waals surface area contributed by atoms with Crippen molar-refractivity contribution in [3.05, 3.63) is 47.5 Å². The number of hydrogen-bond acceptors (Lipinski definition) is 5. The summed E-state index contributed by atoms with van der Waals surface area (Å²) in [7, 11) is 6.87. The number of hydrogen-bond donors (Lipinski definition) is 2. The maximum absolute atomic E-state index is 5.42. The van der Waals surface area contributed by atoms with E-state index in [-0.39, 0.29) is 24.0 Å². The number of nitrogens with zero attached hydrogens (tertiary/aromatic N) is 2. The summed E-state index contributed by atoms with van der Waals surface area (Å²) in [5.74, 6) is 3.36. The molecule has 176 valence electrons. The summed E-state index contributed by atoms with van der Waals surface area (Å²) in [5.41, 5.74) is 3.50. The van der Waals surface area contributed by atoms with Crippen LogP contribution in [0.4, 0.5) is 5.69 Å². The van der Waals surface area contributed by atoms with Gasteiger partial charge in [0.1, 0.15) is 17.2 Å². The van der Waals surface area contributed by atoms with Crippen molar-refractivity contribution in [1.29, 1.82) is 0 Å². The van der Waals surface area contributed by atoms with Crippen LogP contribution < -0.4 is 29.7 Å². The lowest BCUT2D eigenvalue weighted by atomic mass is 10.1. The molecule has 1 atom stereocenters. The second kappa shape index (κ2) is 12.6. The van der Waals surface area contributed by atoms with Gasteiger partial charge in [-0.1, -0.05) is 12.1 Å². The molecule has 3 rings (SSSR count). The monoisotopic (exact) mass is 554 g/mol. The molecule has 32 heavy (non-hydrogen) atoms. The van der Waals surface area contributed by atoms with Gasteiger partial charge in [-0.3, -0.25) is 4.99 Å². The zero-order valence-electron chi connectivity index (χ0n) is 19.6. The van der Waals surface area contributed by atoms with Crippen LogP contribution in [0, 0.1) is 6.92 Å². The third kappa shape index (κ3) is 6.82. The quantitative estimate of drug-likeness (QED) is 0.295. The number of ether oxygens (including phenoxy) is 3. The highest BCUT2D eigenvalue weighted by molar-refractivity contribution is 14.0. The van der Waals surface area contributed by atoms with E-state index in [1.54, 1.807) is 21.3 Å². The minimum Gasteiger partial charge on any atom is -0.497 e. The predicted octanol–water partition coefficient (Wildman–Crippen LogP) is 3.63. The maximum atomic E-state index is 5.42. The van der Waals surface area contributed by atoms with E-state index in [4.69, 9.17) is 14.2 Å². The number of aliphatic imine (C=N–C) groups is 1. The molecule has 0 bridgehead atoms. The fourth-order valence-electron chi connectivity index (χ4n) is 3.82. The first-order chi connectivity index (χ1) is 15.1. The van der Waals surface area contributed by atoms with E-state index in [2.05, 4.69) is 45.6 Å². The number of nitrogens with one attached hydrogen (secondary N) is 2. The van der Waals surface area contributed by atoms with Crippen LogP contribution >= 0.6 is 24.0 Å². The molecule has 7 nitrogen and oxygen atoms in total. The molecule has 1 heterocycles. The van der Waals surface area contributed by atoms with Crippen molar-refractivity contribution in [2.45, 2.75) is 25.8 Å². The minimum absolute atomic E-state index is 0. The third-order valence-electron chi connectivity index (χ3n) is 5.63. The van der Waals surface area contributed by atoms with Crippen LogP contribution in [0.5, 0.6) is 17.2 Å². The molecule has 0 spiro atoms. The SMILES string of the molecule is CN=C(NCCc1ccc(C)c(OC)c1)NC1CCN(c2cc(OC)cc(OC)c2)C1.I.